The van der Waals surface area contributed by atoms with Gasteiger partial charge in [-0.3, -0.25) is 4.98 Å². The molecule has 0 amide bonds. The van der Waals surface area contributed by atoms with Crippen LogP contribution in [0.1, 0.15) is 5.56 Å². The van der Waals surface area contributed by atoms with Gasteiger partial charge in [0, 0.05) is 24.0 Å². The molecule has 2 heterocycles. The Morgan fingerprint density at radius 3 is 2.86 bits per heavy atom. The Labute approximate surface area is 86.8 Å². The van der Waals surface area contributed by atoms with E-state index in [0.717, 1.165) is 16.8 Å². The van der Waals surface area contributed by atoms with Gasteiger partial charge in [-0.15, -0.1) is 0 Å². The van der Waals surface area contributed by atoms with E-state index >= 15 is 0 Å². The van der Waals surface area contributed by atoms with Crippen molar-refractivity contribution < 1.29 is 0 Å². The monoisotopic (exact) mass is 205 g/mol. The fraction of sp³-hybridized carbons (Fsp3) is 0.100. The van der Waals surface area contributed by atoms with E-state index in [1.54, 1.807) is 18.5 Å². The molecule has 2 rings (SSSR count). The lowest BCUT2D eigenvalue weighted by Crippen LogP contribution is -1.89. The number of hydrogen-bond acceptors (Lipinski definition) is 3. The molecule has 0 bridgehead atoms. The molecule has 0 aliphatic rings. The summed E-state index contributed by atoms with van der Waals surface area (Å²) in [6.07, 6.45) is 4.97. The third-order valence-electron chi connectivity index (χ3n) is 1.95. The lowest BCUT2D eigenvalue weighted by atomic mass is 10.1. The second kappa shape index (κ2) is 3.72. The van der Waals surface area contributed by atoms with Crippen molar-refractivity contribution in [3.63, 3.8) is 0 Å². The second-order valence-corrected chi connectivity index (χ2v) is 3.30. The minimum atomic E-state index is 0.443. The zero-order valence-electron chi connectivity index (χ0n) is 7.61. The lowest BCUT2D eigenvalue weighted by Gasteiger charge is -2.02. The van der Waals surface area contributed by atoms with Gasteiger partial charge < -0.3 is 0 Å². The molecular formula is C10H8ClN3. The van der Waals surface area contributed by atoms with Gasteiger partial charge in [0.05, 0.1) is 5.69 Å². The summed E-state index contributed by atoms with van der Waals surface area (Å²) in [5.74, 6) is 0. The minimum absolute atomic E-state index is 0.443. The van der Waals surface area contributed by atoms with Gasteiger partial charge in [-0.1, -0.05) is 11.6 Å². The fourth-order valence-corrected chi connectivity index (χ4v) is 1.36. The molecule has 0 aromatic carbocycles. The molecule has 0 N–H and O–H groups in total. The lowest BCUT2D eigenvalue weighted by molar-refractivity contribution is 1.16. The van der Waals surface area contributed by atoms with Gasteiger partial charge in [0.1, 0.15) is 11.5 Å². The zero-order chi connectivity index (χ0) is 9.97. The quantitative estimate of drug-likeness (QED) is 0.672. The first-order valence-corrected chi connectivity index (χ1v) is 4.53. The van der Waals surface area contributed by atoms with Crippen LogP contribution in [0.2, 0.25) is 5.15 Å². The van der Waals surface area contributed by atoms with Gasteiger partial charge in [-0.25, -0.2) is 9.97 Å². The fourth-order valence-electron chi connectivity index (χ4n) is 1.21. The van der Waals surface area contributed by atoms with Crippen LogP contribution in [0.25, 0.3) is 11.3 Å². The van der Waals surface area contributed by atoms with E-state index in [0.29, 0.717) is 5.15 Å². The van der Waals surface area contributed by atoms with E-state index in [1.807, 2.05) is 13.0 Å². The van der Waals surface area contributed by atoms with E-state index in [1.165, 1.54) is 6.33 Å². The van der Waals surface area contributed by atoms with Crippen molar-refractivity contribution in [2.45, 2.75) is 6.92 Å². The average Bonchev–Trinajstić information content (AvgIpc) is 2.18. The molecule has 0 saturated carbocycles. The molecule has 70 valence electrons. The van der Waals surface area contributed by atoms with Gasteiger partial charge in [0.2, 0.25) is 0 Å². The molecule has 2 aromatic rings. The summed E-state index contributed by atoms with van der Waals surface area (Å²) in [6, 6.07) is 3.66. The summed E-state index contributed by atoms with van der Waals surface area (Å²) in [6.45, 7) is 2.01. The van der Waals surface area contributed by atoms with E-state index < -0.39 is 0 Å². The number of rotatable bonds is 1. The molecule has 4 heteroatoms. The number of aromatic nitrogens is 3. The highest BCUT2D eigenvalue weighted by Crippen LogP contribution is 2.20. The Balaban J connectivity index is 2.55. The Morgan fingerprint density at radius 2 is 2.14 bits per heavy atom. The van der Waals surface area contributed by atoms with Gasteiger partial charge in [-0.2, -0.15) is 0 Å². The Hall–Kier alpha value is -1.48. The molecule has 0 atom stereocenters. The first-order chi connectivity index (χ1) is 6.77. The Morgan fingerprint density at radius 1 is 1.29 bits per heavy atom. The molecule has 3 nitrogen and oxygen atoms in total. The van der Waals surface area contributed by atoms with Crippen LogP contribution in [0, 0.1) is 6.92 Å². The van der Waals surface area contributed by atoms with E-state index in [-0.39, 0.29) is 0 Å². The van der Waals surface area contributed by atoms with Crippen LogP contribution in [0.5, 0.6) is 0 Å². The van der Waals surface area contributed by atoms with E-state index in [9.17, 15) is 0 Å². The third-order valence-corrected chi connectivity index (χ3v) is 2.16. The predicted octanol–water partition coefficient (Wildman–Crippen LogP) is 2.50. The maximum atomic E-state index is 5.78. The van der Waals surface area contributed by atoms with Crippen molar-refractivity contribution in [3.8, 4) is 11.3 Å². The largest absolute Gasteiger partial charge is 0.264 e. The number of halogens is 1. The van der Waals surface area contributed by atoms with Crippen molar-refractivity contribution in [1.82, 2.24) is 15.0 Å². The summed E-state index contributed by atoms with van der Waals surface area (Å²) in [7, 11) is 0. The van der Waals surface area contributed by atoms with Crippen LogP contribution in [0.15, 0.2) is 30.9 Å². The van der Waals surface area contributed by atoms with Crippen LogP contribution in [0.4, 0.5) is 0 Å². The van der Waals surface area contributed by atoms with Crippen molar-refractivity contribution in [1.29, 1.82) is 0 Å². The average molecular weight is 206 g/mol. The Kier molecular flexibility index (Phi) is 2.41. The van der Waals surface area contributed by atoms with Crippen molar-refractivity contribution in [2.24, 2.45) is 0 Å². The van der Waals surface area contributed by atoms with Crippen molar-refractivity contribution in [3.05, 3.63) is 41.6 Å². The second-order valence-electron chi connectivity index (χ2n) is 2.92. The molecule has 0 radical (unpaired) electrons. The number of aryl methyl sites for hydroxylation is 1. The first kappa shape index (κ1) is 9.09. The van der Waals surface area contributed by atoms with Crippen LogP contribution >= 0.6 is 11.6 Å². The minimum Gasteiger partial charge on any atom is -0.264 e. The predicted molar refractivity (Wildman–Crippen MR) is 55.0 cm³/mol. The normalized spacial score (nSPS) is 10.1. The van der Waals surface area contributed by atoms with Crippen molar-refractivity contribution in [2.75, 3.05) is 0 Å². The summed E-state index contributed by atoms with van der Waals surface area (Å²) in [5, 5.41) is 0.443. The maximum absolute atomic E-state index is 5.78. The standard InChI is InChI=1S/C10H8ClN3/c1-7-2-3-12-5-8(7)9-4-10(11)14-6-13-9/h2-6H,1H3. The van der Waals surface area contributed by atoms with E-state index in [2.05, 4.69) is 15.0 Å². The number of nitrogens with zero attached hydrogens (tertiary/aromatic N) is 3. The van der Waals surface area contributed by atoms with Crippen LogP contribution in [0.3, 0.4) is 0 Å². The number of hydrogen-bond donors (Lipinski definition) is 0. The van der Waals surface area contributed by atoms with Crippen LogP contribution in [-0.4, -0.2) is 15.0 Å². The van der Waals surface area contributed by atoms with E-state index in [4.69, 9.17) is 11.6 Å². The highest BCUT2D eigenvalue weighted by Gasteiger charge is 2.03. The topological polar surface area (TPSA) is 38.7 Å². The molecule has 2 aromatic heterocycles. The molecule has 0 aliphatic heterocycles. The third kappa shape index (κ3) is 1.72. The summed E-state index contributed by atoms with van der Waals surface area (Å²) >= 11 is 5.78. The molecule has 0 unspecified atom stereocenters. The highest BCUT2D eigenvalue weighted by molar-refractivity contribution is 6.29. The smallest absolute Gasteiger partial charge is 0.133 e. The van der Waals surface area contributed by atoms with Crippen LogP contribution in [-0.2, 0) is 0 Å². The van der Waals surface area contributed by atoms with Gasteiger partial charge in [0.25, 0.3) is 0 Å². The van der Waals surface area contributed by atoms with Crippen LogP contribution < -0.4 is 0 Å². The first-order valence-electron chi connectivity index (χ1n) is 4.16. The molecule has 0 spiro atoms. The molecule has 0 fully saturated rings. The molecule has 14 heavy (non-hydrogen) atoms. The highest BCUT2D eigenvalue weighted by atomic mass is 35.5. The SMILES string of the molecule is Cc1ccncc1-c1cc(Cl)ncn1. The zero-order valence-corrected chi connectivity index (χ0v) is 8.36. The maximum Gasteiger partial charge on any atom is 0.133 e. The molecular weight excluding hydrogens is 198 g/mol. The summed E-state index contributed by atoms with van der Waals surface area (Å²) < 4.78 is 0. The van der Waals surface area contributed by atoms with Gasteiger partial charge >= 0.3 is 0 Å². The van der Waals surface area contributed by atoms with Crippen molar-refractivity contribution >= 4 is 11.6 Å². The van der Waals surface area contributed by atoms with Gasteiger partial charge in [0.15, 0.2) is 0 Å². The number of pyridine rings is 1. The summed E-state index contributed by atoms with van der Waals surface area (Å²) in [5.41, 5.74) is 2.90. The molecule has 0 aliphatic carbocycles. The Bertz CT molecular complexity index is 457. The molecule has 0 saturated heterocycles. The van der Waals surface area contributed by atoms with Gasteiger partial charge in [-0.05, 0) is 18.6 Å². The summed E-state index contributed by atoms with van der Waals surface area (Å²) in [4.78, 5) is 12.0.